The summed E-state index contributed by atoms with van der Waals surface area (Å²) in [6.07, 6.45) is 4.48. The van der Waals surface area contributed by atoms with E-state index in [-0.39, 0.29) is 11.6 Å². The van der Waals surface area contributed by atoms with E-state index >= 15 is 0 Å². The molecule has 3 N–H and O–H groups in total. The van der Waals surface area contributed by atoms with Gasteiger partial charge in [0.15, 0.2) is 11.6 Å². The molecule has 0 aliphatic carbocycles. The smallest absolute Gasteiger partial charge is 0.168 e. The van der Waals surface area contributed by atoms with Crippen molar-refractivity contribution in [1.82, 2.24) is 4.98 Å². The number of nitrogens with two attached hydrogens (primary N) is 1. The molecule has 0 saturated carbocycles. The first kappa shape index (κ1) is 15.9. The van der Waals surface area contributed by atoms with Crippen molar-refractivity contribution in [2.75, 3.05) is 11.9 Å². The number of hydrogen-bond acceptors (Lipinski definition) is 3. The van der Waals surface area contributed by atoms with Gasteiger partial charge in [0, 0.05) is 30.0 Å². The number of pyridine rings is 1. The molecule has 0 fully saturated rings. The zero-order chi connectivity index (χ0) is 16.4. The van der Waals surface area contributed by atoms with E-state index in [4.69, 9.17) is 5.73 Å². The molecule has 3 nitrogen and oxygen atoms in total. The third-order valence-corrected chi connectivity index (χ3v) is 4.40. The Kier molecular flexibility index (Phi) is 4.57. The van der Waals surface area contributed by atoms with E-state index in [0.29, 0.717) is 29.4 Å². The first-order valence-electron chi connectivity index (χ1n) is 8.00. The second-order valence-corrected chi connectivity index (χ2v) is 6.28. The maximum absolute atomic E-state index is 14.4. The van der Waals surface area contributed by atoms with Crippen molar-refractivity contribution in [2.45, 2.75) is 32.2 Å². The maximum atomic E-state index is 14.4. The number of nitrogens with zero attached hydrogens (tertiary/aromatic N) is 1. The van der Waals surface area contributed by atoms with Crippen LogP contribution in [-0.2, 0) is 0 Å². The van der Waals surface area contributed by atoms with Crippen LogP contribution in [0.5, 0.6) is 0 Å². The zero-order valence-corrected chi connectivity index (χ0v) is 13.2. The fraction of sp³-hybridized carbons (Fsp3) is 0.389. The largest absolute Gasteiger partial charge is 0.384 e. The van der Waals surface area contributed by atoms with Gasteiger partial charge in [0.1, 0.15) is 0 Å². The number of benzene rings is 1. The average Bonchev–Trinajstić information content (AvgIpc) is 2.55. The lowest BCUT2D eigenvalue weighted by molar-refractivity contribution is 0.487. The molecule has 2 bridgehead atoms. The van der Waals surface area contributed by atoms with Gasteiger partial charge in [-0.05, 0) is 48.6 Å². The standard InChI is InChI=1S/C18H21F2N3/c1-11-3-2-4-14(21)16-9-12(7-8-22-16)17-15(23-10-11)6-5-13(19)18(17)20/h5-9,11,14,23H,2-4,10,21H2,1H3/t11-,14+/m1/s1. The lowest BCUT2D eigenvalue weighted by Crippen LogP contribution is -2.16. The van der Waals surface area contributed by atoms with E-state index in [9.17, 15) is 8.78 Å². The summed E-state index contributed by atoms with van der Waals surface area (Å²) in [5.41, 5.74) is 8.36. The Morgan fingerprint density at radius 2 is 2.04 bits per heavy atom. The van der Waals surface area contributed by atoms with Crippen LogP contribution in [0.3, 0.4) is 0 Å². The van der Waals surface area contributed by atoms with Crippen LogP contribution in [0.2, 0.25) is 0 Å². The summed E-state index contributed by atoms with van der Waals surface area (Å²) in [5.74, 6) is -1.27. The van der Waals surface area contributed by atoms with Gasteiger partial charge < -0.3 is 11.1 Å². The topological polar surface area (TPSA) is 50.9 Å². The number of aromatic nitrogens is 1. The summed E-state index contributed by atoms with van der Waals surface area (Å²) in [6.45, 7) is 2.85. The van der Waals surface area contributed by atoms with Gasteiger partial charge in [-0.2, -0.15) is 0 Å². The number of fused-ring (bicyclic) bond motifs is 4. The Bertz CT molecular complexity index is 703. The summed E-state index contributed by atoms with van der Waals surface area (Å²) in [6, 6.07) is 6.01. The molecule has 122 valence electrons. The Morgan fingerprint density at radius 1 is 1.22 bits per heavy atom. The van der Waals surface area contributed by atoms with Crippen LogP contribution in [0, 0.1) is 17.6 Å². The first-order chi connectivity index (χ1) is 11.1. The highest BCUT2D eigenvalue weighted by atomic mass is 19.2. The van der Waals surface area contributed by atoms with Crippen LogP contribution in [0.4, 0.5) is 14.5 Å². The van der Waals surface area contributed by atoms with Gasteiger partial charge in [-0.15, -0.1) is 0 Å². The minimum atomic E-state index is -0.853. The maximum Gasteiger partial charge on any atom is 0.168 e. The van der Waals surface area contributed by atoms with Crippen molar-refractivity contribution in [3.8, 4) is 11.1 Å². The molecule has 1 aromatic heterocycles. The molecule has 2 heterocycles. The Hall–Kier alpha value is -2.01. The Balaban J connectivity index is 2.14. The van der Waals surface area contributed by atoms with Crippen molar-refractivity contribution < 1.29 is 8.78 Å². The molecule has 0 unspecified atom stereocenters. The molecule has 1 aromatic carbocycles. The molecule has 1 aliphatic rings. The van der Waals surface area contributed by atoms with Crippen molar-refractivity contribution >= 4 is 5.69 Å². The minimum absolute atomic E-state index is 0.186. The van der Waals surface area contributed by atoms with Gasteiger partial charge in [-0.1, -0.05) is 13.3 Å². The molecule has 0 saturated heterocycles. The van der Waals surface area contributed by atoms with E-state index in [0.717, 1.165) is 25.3 Å². The fourth-order valence-electron chi connectivity index (χ4n) is 3.01. The summed E-state index contributed by atoms with van der Waals surface area (Å²) in [7, 11) is 0. The van der Waals surface area contributed by atoms with Gasteiger partial charge in [-0.25, -0.2) is 8.78 Å². The monoisotopic (exact) mass is 317 g/mol. The molecular weight excluding hydrogens is 296 g/mol. The molecule has 1 aliphatic heterocycles. The third-order valence-electron chi connectivity index (χ3n) is 4.40. The van der Waals surface area contributed by atoms with Gasteiger partial charge in [-0.3, -0.25) is 4.98 Å². The number of anilines is 1. The number of rotatable bonds is 0. The first-order valence-corrected chi connectivity index (χ1v) is 8.00. The van der Waals surface area contributed by atoms with Crippen molar-refractivity contribution in [1.29, 1.82) is 0 Å². The number of halogens is 2. The van der Waals surface area contributed by atoms with Gasteiger partial charge in [0.2, 0.25) is 0 Å². The summed E-state index contributed by atoms with van der Waals surface area (Å²) < 4.78 is 28.2. The average molecular weight is 317 g/mol. The van der Waals surface area contributed by atoms with Crippen LogP contribution < -0.4 is 11.1 Å². The number of hydrogen-bond donors (Lipinski definition) is 2. The minimum Gasteiger partial charge on any atom is -0.384 e. The van der Waals surface area contributed by atoms with E-state index < -0.39 is 11.6 Å². The molecule has 3 rings (SSSR count). The molecule has 5 heteroatoms. The lowest BCUT2D eigenvalue weighted by atomic mass is 9.96. The summed E-state index contributed by atoms with van der Waals surface area (Å²) >= 11 is 0. The van der Waals surface area contributed by atoms with Crippen molar-refractivity contribution in [2.24, 2.45) is 11.7 Å². The quantitative estimate of drug-likeness (QED) is 0.763. The lowest BCUT2D eigenvalue weighted by Gasteiger charge is -2.20. The van der Waals surface area contributed by atoms with Crippen molar-refractivity contribution in [3.63, 3.8) is 0 Å². The van der Waals surface area contributed by atoms with Crippen LogP contribution in [0.15, 0.2) is 30.5 Å². The molecular formula is C18H21F2N3. The van der Waals surface area contributed by atoms with Gasteiger partial charge in [0.05, 0.1) is 5.69 Å². The second-order valence-electron chi connectivity index (χ2n) is 6.28. The molecule has 0 amide bonds. The Labute approximate surface area is 134 Å². The molecule has 23 heavy (non-hydrogen) atoms. The molecule has 2 atom stereocenters. The highest BCUT2D eigenvalue weighted by Crippen LogP contribution is 2.34. The highest BCUT2D eigenvalue weighted by molar-refractivity contribution is 5.78. The van der Waals surface area contributed by atoms with E-state index in [1.807, 2.05) is 0 Å². The third kappa shape index (κ3) is 3.34. The van der Waals surface area contributed by atoms with Crippen molar-refractivity contribution in [3.05, 3.63) is 47.8 Å². The Morgan fingerprint density at radius 3 is 2.87 bits per heavy atom. The second kappa shape index (κ2) is 6.62. The summed E-state index contributed by atoms with van der Waals surface area (Å²) in [5, 5.41) is 3.26. The van der Waals surface area contributed by atoms with Gasteiger partial charge >= 0.3 is 0 Å². The normalized spacial score (nSPS) is 21.6. The van der Waals surface area contributed by atoms with E-state index in [1.165, 1.54) is 0 Å². The van der Waals surface area contributed by atoms with Gasteiger partial charge in [0.25, 0.3) is 0 Å². The SMILES string of the molecule is C[C@@H]1CCC[C@H](N)c2cc(ccn2)-c2c(ccc(F)c2F)NC1. The van der Waals surface area contributed by atoms with Crippen LogP contribution in [0.25, 0.3) is 11.1 Å². The number of nitrogens with one attached hydrogen (secondary N) is 1. The molecule has 0 spiro atoms. The van der Waals surface area contributed by atoms with Crippen LogP contribution >= 0.6 is 0 Å². The predicted molar refractivity (Wildman–Crippen MR) is 88.0 cm³/mol. The summed E-state index contributed by atoms with van der Waals surface area (Å²) in [4.78, 5) is 4.30. The fourth-order valence-corrected chi connectivity index (χ4v) is 3.01. The van der Waals surface area contributed by atoms with E-state index in [2.05, 4.69) is 17.2 Å². The molecule has 0 radical (unpaired) electrons. The molecule has 2 aromatic rings. The highest BCUT2D eigenvalue weighted by Gasteiger charge is 2.19. The predicted octanol–water partition coefficient (Wildman–Crippen LogP) is 4.26. The van der Waals surface area contributed by atoms with Crippen LogP contribution in [0.1, 0.15) is 37.9 Å². The zero-order valence-electron chi connectivity index (χ0n) is 13.2. The van der Waals surface area contributed by atoms with Crippen LogP contribution in [-0.4, -0.2) is 11.5 Å². The van der Waals surface area contributed by atoms with E-state index in [1.54, 1.807) is 24.4 Å².